The standard InChI is InChI=1S/C11H12F3N5/c1-19-7(2-3-18-19)5-16-9-4-10(11(12,13)14)17-6-8(9)15/h2-4,6H,5,15H2,1H3,(H,16,17). The van der Waals surface area contributed by atoms with Crippen molar-refractivity contribution in [1.82, 2.24) is 14.8 Å². The van der Waals surface area contributed by atoms with E-state index in [1.165, 1.54) is 0 Å². The molecule has 0 aromatic carbocycles. The molecule has 0 fully saturated rings. The van der Waals surface area contributed by atoms with Crippen LogP contribution in [0.3, 0.4) is 0 Å². The zero-order valence-corrected chi connectivity index (χ0v) is 10.1. The Balaban J connectivity index is 2.18. The van der Waals surface area contributed by atoms with Crippen molar-refractivity contribution in [3.63, 3.8) is 0 Å². The first-order valence-electron chi connectivity index (χ1n) is 5.41. The number of nitrogens with zero attached hydrogens (tertiary/aromatic N) is 3. The SMILES string of the molecule is Cn1nccc1CNc1cc(C(F)(F)F)ncc1N. The maximum Gasteiger partial charge on any atom is 0.433 e. The van der Waals surface area contributed by atoms with Crippen molar-refractivity contribution in [2.45, 2.75) is 12.7 Å². The van der Waals surface area contributed by atoms with Gasteiger partial charge >= 0.3 is 6.18 Å². The van der Waals surface area contributed by atoms with Crippen LogP contribution in [-0.4, -0.2) is 14.8 Å². The van der Waals surface area contributed by atoms with Gasteiger partial charge in [-0.2, -0.15) is 18.3 Å². The fourth-order valence-electron chi connectivity index (χ4n) is 1.53. The molecule has 0 saturated carbocycles. The summed E-state index contributed by atoms with van der Waals surface area (Å²) in [5, 5.41) is 6.80. The van der Waals surface area contributed by atoms with Crippen LogP contribution in [0.5, 0.6) is 0 Å². The van der Waals surface area contributed by atoms with E-state index in [4.69, 9.17) is 5.73 Å². The third kappa shape index (κ3) is 2.95. The number of nitrogens with two attached hydrogens (primary N) is 1. The summed E-state index contributed by atoms with van der Waals surface area (Å²) in [6.07, 6.45) is -1.89. The van der Waals surface area contributed by atoms with Crippen LogP contribution in [0, 0.1) is 0 Å². The lowest BCUT2D eigenvalue weighted by Crippen LogP contribution is -2.11. The van der Waals surface area contributed by atoms with Crippen LogP contribution in [0.1, 0.15) is 11.4 Å². The molecule has 19 heavy (non-hydrogen) atoms. The van der Waals surface area contributed by atoms with Gasteiger partial charge in [0.2, 0.25) is 0 Å². The number of nitrogens with one attached hydrogen (secondary N) is 1. The monoisotopic (exact) mass is 271 g/mol. The highest BCUT2D eigenvalue weighted by atomic mass is 19.4. The van der Waals surface area contributed by atoms with Crippen LogP contribution in [0.4, 0.5) is 24.5 Å². The quantitative estimate of drug-likeness (QED) is 0.896. The van der Waals surface area contributed by atoms with Gasteiger partial charge in [0.25, 0.3) is 0 Å². The topological polar surface area (TPSA) is 68.8 Å². The first kappa shape index (κ1) is 13.2. The molecular weight excluding hydrogens is 259 g/mol. The molecule has 2 heterocycles. The van der Waals surface area contributed by atoms with E-state index in [9.17, 15) is 13.2 Å². The van der Waals surface area contributed by atoms with Gasteiger partial charge in [-0.3, -0.25) is 4.68 Å². The van der Waals surface area contributed by atoms with E-state index in [-0.39, 0.29) is 11.4 Å². The second-order valence-corrected chi connectivity index (χ2v) is 3.95. The van der Waals surface area contributed by atoms with E-state index in [1.54, 1.807) is 24.0 Å². The van der Waals surface area contributed by atoms with Gasteiger partial charge in [0.15, 0.2) is 0 Å². The summed E-state index contributed by atoms with van der Waals surface area (Å²) in [4.78, 5) is 3.27. The van der Waals surface area contributed by atoms with Gasteiger partial charge < -0.3 is 11.1 Å². The van der Waals surface area contributed by atoms with E-state index in [0.717, 1.165) is 18.0 Å². The molecule has 2 aromatic rings. The highest BCUT2D eigenvalue weighted by Gasteiger charge is 2.32. The average Bonchev–Trinajstić information content (AvgIpc) is 2.72. The molecule has 0 aliphatic carbocycles. The number of aromatic nitrogens is 3. The summed E-state index contributed by atoms with van der Waals surface area (Å²) < 4.78 is 39.2. The normalized spacial score (nSPS) is 11.6. The average molecular weight is 271 g/mol. The lowest BCUT2D eigenvalue weighted by Gasteiger charge is -2.12. The van der Waals surface area contributed by atoms with Crippen LogP contribution in [0.15, 0.2) is 24.5 Å². The Hall–Kier alpha value is -2.25. The third-order valence-electron chi connectivity index (χ3n) is 2.61. The summed E-state index contributed by atoms with van der Waals surface area (Å²) in [5.74, 6) is 0. The smallest absolute Gasteiger partial charge is 0.396 e. The summed E-state index contributed by atoms with van der Waals surface area (Å²) in [7, 11) is 1.74. The van der Waals surface area contributed by atoms with Crippen LogP contribution in [-0.2, 0) is 19.8 Å². The number of nitrogen functional groups attached to an aromatic ring is 1. The van der Waals surface area contributed by atoms with Gasteiger partial charge in [-0.25, -0.2) is 4.98 Å². The molecular formula is C11H12F3N5. The van der Waals surface area contributed by atoms with Crippen LogP contribution in [0.2, 0.25) is 0 Å². The molecule has 0 amide bonds. The summed E-state index contributed by atoms with van der Waals surface area (Å²) in [6, 6.07) is 2.65. The van der Waals surface area contributed by atoms with E-state index in [1.807, 2.05) is 0 Å². The summed E-state index contributed by atoms with van der Waals surface area (Å²) in [5.41, 5.74) is 5.80. The lowest BCUT2D eigenvalue weighted by atomic mass is 10.2. The molecule has 3 N–H and O–H groups in total. The Morgan fingerprint density at radius 2 is 2.16 bits per heavy atom. The molecule has 102 valence electrons. The molecule has 0 radical (unpaired) electrons. The van der Waals surface area contributed by atoms with E-state index in [2.05, 4.69) is 15.4 Å². The van der Waals surface area contributed by atoms with Gasteiger partial charge in [0.1, 0.15) is 5.69 Å². The van der Waals surface area contributed by atoms with E-state index < -0.39 is 11.9 Å². The molecule has 2 aromatic heterocycles. The molecule has 0 aliphatic heterocycles. The van der Waals surface area contributed by atoms with Crippen molar-refractivity contribution < 1.29 is 13.2 Å². The van der Waals surface area contributed by atoms with E-state index in [0.29, 0.717) is 6.54 Å². The summed E-state index contributed by atoms with van der Waals surface area (Å²) >= 11 is 0. The largest absolute Gasteiger partial charge is 0.433 e. The first-order valence-corrected chi connectivity index (χ1v) is 5.41. The molecule has 0 spiro atoms. The van der Waals surface area contributed by atoms with Crippen LogP contribution >= 0.6 is 0 Å². The highest BCUT2D eigenvalue weighted by molar-refractivity contribution is 5.65. The minimum absolute atomic E-state index is 0.162. The van der Waals surface area contributed by atoms with Crippen molar-refractivity contribution in [3.8, 4) is 0 Å². The molecule has 0 aliphatic rings. The molecule has 0 saturated heterocycles. The fraction of sp³-hybridized carbons (Fsp3) is 0.273. The number of hydrogen-bond acceptors (Lipinski definition) is 4. The molecule has 5 nitrogen and oxygen atoms in total. The predicted octanol–water partition coefficient (Wildman–Crippen LogP) is 2.03. The number of aryl methyl sites for hydroxylation is 1. The third-order valence-corrected chi connectivity index (χ3v) is 2.61. The van der Waals surface area contributed by atoms with Crippen LogP contribution in [0.25, 0.3) is 0 Å². The minimum Gasteiger partial charge on any atom is -0.396 e. The molecule has 2 rings (SSSR count). The van der Waals surface area contributed by atoms with Gasteiger partial charge in [0.05, 0.1) is 29.8 Å². The van der Waals surface area contributed by atoms with Crippen molar-refractivity contribution >= 4 is 11.4 Å². The zero-order valence-electron chi connectivity index (χ0n) is 10.1. The van der Waals surface area contributed by atoms with Gasteiger partial charge in [-0.05, 0) is 12.1 Å². The maximum atomic E-state index is 12.5. The Morgan fingerprint density at radius 3 is 2.74 bits per heavy atom. The second-order valence-electron chi connectivity index (χ2n) is 3.95. The van der Waals surface area contributed by atoms with Crippen molar-refractivity contribution in [2.75, 3.05) is 11.1 Å². The number of alkyl halides is 3. The number of halogens is 3. The molecule has 8 heteroatoms. The number of pyridine rings is 1. The first-order chi connectivity index (χ1) is 8.88. The van der Waals surface area contributed by atoms with E-state index >= 15 is 0 Å². The lowest BCUT2D eigenvalue weighted by molar-refractivity contribution is -0.141. The fourth-order valence-corrected chi connectivity index (χ4v) is 1.53. The number of hydrogen-bond donors (Lipinski definition) is 2. The van der Waals surface area contributed by atoms with Gasteiger partial charge in [-0.1, -0.05) is 0 Å². The highest BCUT2D eigenvalue weighted by Crippen LogP contribution is 2.31. The molecule has 0 bridgehead atoms. The Morgan fingerprint density at radius 1 is 1.42 bits per heavy atom. The molecule has 0 atom stereocenters. The second kappa shape index (κ2) is 4.79. The van der Waals surface area contributed by atoms with Crippen molar-refractivity contribution in [1.29, 1.82) is 0 Å². The van der Waals surface area contributed by atoms with Gasteiger partial charge in [0, 0.05) is 13.2 Å². The number of anilines is 2. The maximum absolute atomic E-state index is 12.5. The van der Waals surface area contributed by atoms with Crippen LogP contribution < -0.4 is 11.1 Å². The predicted molar refractivity (Wildman–Crippen MR) is 64.2 cm³/mol. The van der Waals surface area contributed by atoms with Gasteiger partial charge in [-0.15, -0.1) is 0 Å². The van der Waals surface area contributed by atoms with Crippen molar-refractivity contribution in [2.24, 2.45) is 7.05 Å². The molecule has 0 unspecified atom stereocenters. The number of rotatable bonds is 3. The zero-order chi connectivity index (χ0) is 14.0. The minimum atomic E-state index is -4.49. The Labute approximate surface area is 107 Å². The Bertz CT molecular complexity index is 576. The summed E-state index contributed by atoms with van der Waals surface area (Å²) in [6.45, 7) is 0.321. The van der Waals surface area contributed by atoms with Crippen molar-refractivity contribution in [3.05, 3.63) is 35.9 Å². The Kier molecular flexibility index (Phi) is 3.32.